The lowest BCUT2D eigenvalue weighted by molar-refractivity contribution is 1.14. The molecule has 0 saturated heterocycles. The fourth-order valence-electron chi connectivity index (χ4n) is 9.84. The summed E-state index contributed by atoms with van der Waals surface area (Å²) in [4.78, 5) is 19.7. The summed E-state index contributed by atoms with van der Waals surface area (Å²) in [5, 5.41) is 12.1. The third kappa shape index (κ3) is 4.28. The normalized spacial score (nSPS) is 12.3. The molecule has 0 bridgehead atoms. The van der Waals surface area contributed by atoms with Gasteiger partial charge in [0.25, 0.3) is 0 Å². The van der Waals surface area contributed by atoms with Crippen LogP contribution in [0.5, 0.6) is 0 Å². The zero-order chi connectivity index (χ0) is 39.1. The van der Waals surface area contributed by atoms with Gasteiger partial charge in [0.05, 0.1) is 22.4 Å². The first-order valence-electron chi connectivity index (χ1n) is 20.1. The summed E-state index contributed by atoms with van der Waals surface area (Å²) in [5.74, 6) is 0. The molecule has 0 aliphatic heterocycles. The molecule has 8 heteroatoms. The summed E-state index contributed by atoms with van der Waals surface area (Å²) in [5.41, 5.74) is 12.2. The van der Waals surface area contributed by atoms with E-state index in [1.807, 2.05) is 73.3 Å². The summed E-state index contributed by atoms with van der Waals surface area (Å²) in [6.45, 7) is 0. The Morgan fingerprint density at radius 3 is 1.30 bits per heavy atom. The van der Waals surface area contributed by atoms with E-state index in [-0.39, 0.29) is 0 Å². The molecule has 60 heavy (non-hydrogen) atoms. The molecule has 0 spiro atoms. The van der Waals surface area contributed by atoms with Gasteiger partial charge in [-0.05, 0) is 117 Å². The minimum Gasteiger partial charge on any atom is -0.306 e. The van der Waals surface area contributed by atoms with Gasteiger partial charge in [-0.25, -0.2) is 19.9 Å². The van der Waals surface area contributed by atoms with Gasteiger partial charge in [-0.15, -0.1) is 0 Å². The van der Waals surface area contributed by atoms with E-state index in [0.717, 1.165) is 78.3 Å². The number of aromatic nitrogens is 8. The van der Waals surface area contributed by atoms with Crippen LogP contribution in [0.15, 0.2) is 183 Å². The second-order valence-corrected chi connectivity index (χ2v) is 15.7. The minimum atomic E-state index is 0.932. The standard InChI is InChI=1S/C52H30N8/c1-3-25-57-29-41(55-45(57)9-1)31-11-17-35(18-12-31)59-43-27-33-15-22-38-48-34(16-21-37(47(33)48)49(43)39-7-5-23-53-51(39)59)28-44-50(38)40-8-6-24-54-52(40)60(44)36-19-13-32(14-20-36)42-30-58-26-4-2-10-46(58)56-42/h1-30H. The van der Waals surface area contributed by atoms with Crippen LogP contribution in [0.25, 0.3) is 121 Å². The molecular formula is C52H30N8. The molecule has 0 aliphatic carbocycles. The first kappa shape index (κ1) is 31.7. The molecular weight excluding hydrogens is 737 g/mol. The van der Waals surface area contributed by atoms with E-state index < -0.39 is 0 Å². The largest absolute Gasteiger partial charge is 0.306 e. The molecule has 14 rings (SSSR count). The van der Waals surface area contributed by atoms with Crippen LogP contribution >= 0.6 is 0 Å². The summed E-state index contributed by atoms with van der Waals surface area (Å²) in [7, 11) is 0. The van der Waals surface area contributed by atoms with E-state index in [9.17, 15) is 0 Å². The van der Waals surface area contributed by atoms with E-state index in [0.29, 0.717) is 0 Å². The Morgan fingerprint density at radius 2 is 0.850 bits per heavy atom. The van der Waals surface area contributed by atoms with Gasteiger partial charge in [0.2, 0.25) is 0 Å². The van der Waals surface area contributed by atoms with Crippen molar-refractivity contribution >= 4 is 87.5 Å². The van der Waals surface area contributed by atoms with Crippen molar-refractivity contribution < 1.29 is 0 Å². The fraction of sp³-hybridized carbons (Fsp3) is 0. The van der Waals surface area contributed by atoms with Crippen LogP contribution in [0.3, 0.4) is 0 Å². The van der Waals surface area contributed by atoms with Gasteiger partial charge in [-0.2, -0.15) is 0 Å². The van der Waals surface area contributed by atoms with E-state index in [1.165, 1.54) is 43.1 Å². The molecule has 0 fully saturated rings. The monoisotopic (exact) mass is 766 g/mol. The number of rotatable bonds is 4. The van der Waals surface area contributed by atoms with Crippen molar-refractivity contribution in [3.8, 4) is 33.9 Å². The number of pyridine rings is 4. The van der Waals surface area contributed by atoms with E-state index in [1.54, 1.807) is 0 Å². The van der Waals surface area contributed by atoms with E-state index in [4.69, 9.17) is 19.9 Å². The van der Waals surface area contributed by atoms with Gasteiger partial charge in [-0.3, -0.25) is 9.13 Å². The molecule has 8 aromatic heterocycles. The Hall–Kier alpha value is -8.36. The SMILES string of the molecule is c1cnc2c(c1)c1c3ccc4cc5c(c6ccc(cc1n2-c1ccc(-c2cn7ccccc7n2)cc1)c3c46)c1cccnc1n5-c1ccc(-c2cn3ccccc3n2)cc1. The maximum Gasteiger partial charge on any atom is 0.145 e. The van der Waals surface area contributed by atoms with Crippen molar-refractivity contribution in [1.82, 2.24) is 37.9 Å². The first-order valence-corrected chi connectivity index (χ1v) is 20.1. The number of benzene rings is 6. The molecule has 0 amide bonds. The van der Waals surface area contributed by atoms with Gasteiger partial charge in [-0.1, -0.05) is 60.7 Å². The van der Waals surface area contributed by atoms with Crippen molar-refractivity contribution in [2.24, 2.45) is 0 Å². The maximum absolute atomic E-state index is 5.00. The first-order chi connectivity index (χ1) is 29.7. The van der Waals surface area contributed by atoms with Crippen molar-refractivity contribution in [2.75, 3.05) is 0 Å². The highest BCUT2D eigenvalue weighted by Gasteiger charge is 2.23. The van der Waals surface area contributed by atoms with E-state index in [2.05, 4.69) is 127 Å². The molecule has 0 saturated carbocycles. The quantitative estimate of drug-likeness (QED) is 0.167. The zero-order valence-electron chi connectivity index (χ0n) is 31.9. The molecule has 0 unspecified atom stereocenters. The second-order valence-electron chi connectivity index (χ2n) is 15.7. The van der Waals surface area contributed by atoms with Crippen LogP contribution in [0.2, 0.25) is 0 Å². The Labute approximate surface area is 340 Å². The number of fused-ring (bicyclic) bond motifs is 10. The maximum atomic E-state index is 5.00. The van der Waals surface area contributed by atoms with Crippen molar-refractivity contribution in [3.63, 3.8) is 0 Å². The Balaban J connectivity index is 0.967. The number of nitrogens with zero attached hydrogens (tertiary/aromatic N) is 8. The van der Waals surface area contributed by atoms with Gasteiger partial charge < -0.3 is 8.80 Å². The summed E-state index contributed by atoms with van der Waals surface area (Å²) in [6, 6.07) is 52.0. The highest BCUT2D eigenvalue weighted by atomic mass is 15.1. The topological polar surface area (TPSA) is 70.2 Å². The summed E-state index contributed by atoms with van der Waals surface area (Å²) >= 11 is 0. The van der Waals surface area contributed by atoms with Crippen molar-refractivity contribution in [3.05, 3.63) is 183 Å². The lowest BCUT2D eigenvalue weighted by Crippen LogP contribution is -1.96. The van der Waals surface area contributed by atoms with Gasteiger partial charge in [0, 0.05) is 81.2 Å². The lowest BCUT2D eigenvalue weighted by Gasteiger charge is -2.15. The highest BCUT2D eigenvalue weighted by molar-refractivity contribution is 6.37. The molecule has 14 aromatic rings. The van der Waals surface area contributed by atoms with Gasteiger partial charge in [0.1, 0.15) is 22.6 Å². The molecule has 6 aromatic carbocycles. The Morgan fingerprint density at radius 1 is 0.383 bits per heavy atom. The fourth-order valence-corrected chi connectivity index (χ4v) is 9.84. The average molecular weight is 767 g/mol. The molecule has 8 heterocycles. The summed E-state index contributed by atoms with van der Waals surface area (Å²) in [6.07, 6.45) is 12.0. The van der Waals surface area contributed by atoms with Gasteiger partial charge >= 0.3 is 0 Å². The smallest absolute Gasteiger partial charge is 0.145 e. The number of imidazole rings is 2. The Kier molecular flexibility index (Phi) is 6.14. The second kappa shape index (κ2) is 11.6. The molecule has 0 radical (unpaired) electrons. The van der Waals surface area contributed by atoms with Crippen molar-refractivity contribution in [2.45, 2.75) is 0 Å². The average Bonchev–Trinajstić information content (AvgIpc) is 4.09. The molecule has 278 valence electrons. The van der Waals surface area contributed by atoms with Crippen molar-refractivity contribution in [1.29, 1.82) is 0 Å². The molecule has 0 atom stereocenters. The van der Waals surface area contributed by atoms with Crippen LogP contribution in [-0.4, -0.2) is 37.9 Å². The number of hydrogen-bond donors (Lipinski definition) is 0. The van der Waals surface area contributed by atoms with Crippen LogP contribution in [0.1, 0.15) is 0 Å². The van der Waals surface area contributed by atoms with Crippen LogP contribution < -0.4 is 0 Å². The predicted molar refractivity (Wildman–Crippen MR) is 243 cm³/mol. The third-order valence-electron chi connectivity index (χ3n) is 12.4. The highest BCUT2D eigenvalue weighted by Crippen LogP contribution is 2.46. The van der Waals surface area contributed by atoms with Crippen LogP contribution in [-0.2, 0) is 0 Å². The van der Waals surface area contributed by atoms with E-state index >= 15 is 0 Å². The molecule has 0 aliphatic rings. The third-order valence-corrected chi connectivity index (χ3v) is 12.4. The van der Waals surface area contributed by atoms with Crippen LogP contribution in [0, 0.1) is 0 Å². The van der Waals surface area contributed by atoms with Gasteiger partial charge in [0.15, 0.2) is 0 Å². The minimum absolute atomic E-state index is 0.932. The number of hydrogen-bond acceptors (Lipinski definition) is 4. The van der Waals surface area contributed by atoms with Crippen LogP contribution in [0.4, 0.5) is 0 Å². The molecule has 0 N–H and O–H groups in total. The summed E-state index contributed by atoms with van der Waals surface area (Å²) < 4.78 is 8.74. The molecule has 8 nitrogen and oxygen atoms in total. The Bertz CT molecular complexity index is 3720. The lowest BCUT2D eigenvalue weighted by atomic mass is 9.90. The predicted octanol–water partition coefficient (Wildman–Crippen LogP) is 12.2. The zero-order valence-corrected chi connectivity index (χ0v) is 31.9.